The Bertz CT molecular complexity index is 792. The number of rotatable bonds is 5. The van der Waals surface area contributed by atoms with Gasteiger partial charge in [0.2, 0.25) is 0 Å². The van der Waals surface area contributed by atoms with E-state index in [-0.39, 0.29) is 5.91 Å². The fourth-order valence-corrected chi connectivity index (χ4v) is 3.11. The van der Waals surface area contributed by atoms with Crippen molar-refractivity contribution in [3.8, 4) is 0 Å². The van der Waals surface area contributed by atoms with Crippen LogP contribution in [0.25, 0.3) is 5.57 Å². The molecule has 1 fully saturated rings. The van der Waals surface area contributed by atoms with Crippen LogP contribution in [-0.2, 0) is 4.79 Å². The zero-order chi connectivity index (χ0) is 19.2. The minimum Gasteiger partial charge on any atom is -0.399 e. The number of aromatic nitrogens is 1. The highest BCUT2D eigenvalue weighted by atomic mass is 16.1. The number of amides is 1. The first kappa shape index (κ1) is 18.8. The van der Waals surface area contributed by atoms with Crippen molar-refractivity contribution in [2.75, 3.05) is 19.6 Å². The van der Waals surface area contributed by atoms with E-state index < -0.39 is 0 Å². The smallest absolute Gasteiger partial charge is 0.254 e. The lowest BCUT2D eigenvalue weighted by molar-refractivity contribution is -0.117. The number of aliphatic imine (C=N–C) groups is 1. The van der Waals surface area contributed by atoms with Crippen molar-refractivity contribution >= 4 is 17.7 Å². The average Bonchev–Trinajstić information content (AvgIpc) is 2.69. The van der Waals surface area contributed by atoms with Crippen LogP contribution in [0.1, 0.15) is 18.5 Å². The van der Waals surface area contributed by atoms with Gasteiger partial charge in [0.15, 0.2) is 5.82 Å². The second kappa shape index (κ2) is 8.61. The molecule has 8 nitrogen and oxygen atoms in total. The topological polar surface area (TPSA) is 122 Å². The van der Waals surface area contributed by atoms with Gasteiger partial charge in [-0.05, 0) is 44.0 Å². The predicted octanol–water partition coefficient (Wildman–Crippen LogP) is 0.482. The highest BCUT2D eigenvalue weighted by Crippen LogP contribution is 2.25. The molecule has 142 valence electrons. The number of nitrogens with one attached hydrogen (secondary N) is 2. The molecule has 0 saturated carbocycles. The molecular formula is C19H25N7O. The number of allylic oxidation sites excluding steroid dienone is 1. The number of nitrogens with two attached hydrogens (primary N) is 2. The van der Waals surface area contributed by atoms with Gasteiger partial charge in [0.05, 0.1) is 16.8 Å². The molecule has 0 unspecified atom stereocenters. The second-order valence-corrected chi connectivity index (χ2v) is 6.59. The third-order valence-electron chi connectivity index (χ3n) is 4.59. The Balaban J connectivity index is 1.73. The van der Waals surface area contributed by atoms with E-state index in [9.17, 15) is 4.79 Å². The maximum Gasteiger partial charge on any atom is 0.254 e. The Labute approximate surface area is 158 Å². The summed E-state index contributed by atoms with van der Waals surface area (Å²) >= 11 is 0. The zero-order valence-corrected chi connectivity index (χ0v) is 15.2. The van der Waals surface area contributed by atoms with Gasteiger partial charge in [-0.15, -0.1) is 0 Å². The number of hydrogen-bond donors (Lipinski definition) is 4. The van der Waals surface area contributed by atoms with Crippen LogP contribution >= 0.6 is 0 Å². The van der Waals surface area contributed by atoms with Crippen molar-refractivity contribution in [1.82, 2.24) is 20.6 Å². The van der Waals surface area contributed by atoms with Gasteiger partial charge in [-0.1, -0.05) is 12.6 Å². The molecule has 1 aromatic heterocycles. The van der Waals surface area contributed by atoms with E-state index in [1.165, 1.54) is 17.4 Å². The number of nitrogens with zero attached hydrogens (tertiary/aromatic N) is 3. The van der Waals surface area contributed by atoms with Crippen LogP contribution in [0.3, 0.4) is 0 Å². The van der Waals surface area contributed by atoms with Crippen LogP contribution in [-0.4, -0.2) is 41.7 Å². The summed E-state index contributed by atoms with van der Waals surface area (Å²) < 4.78 is 0. The molecule has 3 heterocycles. The van der Waals surface area contributed by atoms with Crippen LogP contribution in [0.2, 0.25) is 0 Å². The zero-order valence-electron chi connectivity index (χ0n) is 15.2. The van der Waals surface area contributed by atoms with Crippen LogP contribution in [0.4, 0.5) is 0 Å². The van der Waals surface area contributed by atoms with E-state index in [2.05, 4.69) is 27.2 Å². The molecule has 0 aromatic carbocycles. The molecule has 0 bridgehead atoms. The molecule has 2 aliphatic heterocycles. The standard InChI is InChI=1S/C19H25N7O/c1-13(20)17(16-4-2-3-7-23-16)18-24-11-15(12-26(18)21)19(27)25-10-14-5-8-22-9-6-14/h2-4,7,11-12,14,22H,1,5-6,8-10,20-21H2,(H,25,27)/b18-17+. The quantitative estimate of drug-likeness (QED) is 0.562. The molecule has 0 spiro atoms. The van der Waals surface area contributed by atoms with Crippen molar-refractivity contribution < 1.29 is 4.79 Å². The second-order valence-electron chi connectivity index (χ2n) is 6.59. The molecule has 1 aromatic rings. The summed E-state index contributed by atoms with van der Waals surface area (Å²) in [6.07, 6.45) is 6.81. The van der Waals surface area contributed by atoms with Crippen molar-refractivity contribution in [3.05, 3.63) is 60.0 Å². The van der Waals surface area contributed by atoms with Gasteiger partial charge in [0, 0.05) is 30.9 Å². The number of carbonyl (C=O) groups excluding carboxylic acids is 1. The lowest BCUT2D eigenvalue weighted by atomic mass is 9.98. The molecule has 6 N–H and O–H groups in total. The van der Waals surface area contributed by atoms with E-state index in [0.717, 1.165) is 25.9 Å². The van der Waals surface area contributed by atoms with Gasteiger partial charge < -0.3 is 16.4 Å². The maximum absolute atomic E-state index is 12.4. The van der Waals surface area contributed by atoms with E-state index in [1.54, 1.807) is 18.3 Å². The minimum absolute atomic E-state index is 0.197. The number of piperidine rings is 1. The Morgan fingerprint density at radius 1 is 1.37 bits per heavy atom. The largest absolute Gasteiger partial charge is 0.399 e. The number of hydrazine groups is 1. The number of carbonyl (C=O) groups is 1. The van der Waals surface area contributed by atoms with Crippen LogP contribution in [0, 0.1) is 5.92 Å². The lowest BCUT2D eigenvalue weighted by Gasteiger charge is -2.24. The van der Waals surface area contributed by atoms with Crippen LogP contribution in [0.5, 0.6) is 0 Å². The average molecular weight is 367 g/mol. The van der Waals surface area contributed by atoms with Crippen LogP contribution < -0.4 is 22.2 Å². The van der Waals surface area contributed by atoms with E-state index in [1.807, 2.05) is 6.07 Å². The van der Waals surface area contributed by atoms with Crippen molar-refractivity contribution in [1.29, 1.82) is 0 Å². The van der Waals surface area contributed by atoms with E-state index in [4.69, 9.17) is 11.6 Å². The Morgan fingerprint density at radius 2 is 2.15 bits per heavy atom. The molecule has 0 radical (unpaired) electrons. The highest BCUT2D eigenvalue weighted by molar-refractivity contribution is 6.12. The van der Waals surface area contributed by atoms with Crippen LogP contribution in [0.15, 0.2) is 59.3 Å². The molecule has 0 atom stereocenters. The summed E-state index contributed by atoms with van der Waals surface area (Å²) in [7, 11) is 0. The minimum atomic E-state index is -0.197. The molecule has 8 heteroatoms. The summed E-state index contributed by atoms with van der Waals surface area (Å²) in [4.78, 5) is 21.1. The van der Waals surface area contributed by atoms with Crippen molar-refractivity contribution in [2.24, 2.45) is 22.5 Å². The number of pyridine rings is 1. The molecule has 27 heavy (non-hydrogen) atoms. The SMILES string of the molecule is C=C(N)/C(=C1/N=CC(C(=O)NCC2CCNCC2)=CN1N)c1ccccn1. The summed E-state index contributed by atoms with van der Waals surface area (Å²) in [6, 6.07) is 5.45. The molecule has 0 aliphatic carbocycles. The number of hydrogen-bond acceptors (Lipinski definition) is 7. The predicted molar refractivity (Wildman–Crippen MR) is 106 cm³/mol. The Morgan fingerprint density at radius 3 is 2.78 bits per heavy atom. The van der Waals surface area contributed by atoms with Gasteiger partial charge in [0.25, 0.3) is 5.91 Å². The first-order chi connectivity index (χ1) is 13.1. The molecule has 1 amide bonds. The van der Waals surface area contributed by atoms with Gasteiger partial charge >= 0.3 is 0 Å². The molecule has 1 saturated heterocycles. The van der Waals surface area contributed by atoms with Gasteiger partial charge in [-0.25, -0.2) is 10.8 Å². The molecule has 2 aliphatic rings. The summed E-state index contributed by atoms with van der Waals surface area (Å²) in [5.74, 6) is 6.78. The summed E-state index contributed by atoms with van der Waals surface area (Å²) in [5.41, 5.74) is 7.75. The third kappa shape index (κ3) is 4.60. The van der Waals surface area contributed by atoms with Gasteiger partial charge in [0.1, 0.15) is 0 Å². The first-order valence-electron chi connectivity index (χ1n) is 8.95. The Kier molecular flexibility index (Phi) is 6.00. The van der Waals surface area contributed by atoms with Gasteiger partial charge in [-0.2, -0.15) is 0 Å². The summed E-state index contributed by atoms with van der Waals surface area (Å²) in [6.45, 7) is 6.44. The fourth-order valence-electron chi connectivity index (χ4n) is 3.11. The lowest BCUT2D eigenvalue weighted by Crippen LogP contribution is -2.38. The molecular weight excluding hydrogens is 342 g/mol. The molecule has 3 rings (SSSR count). The van der Waals surface area contributed by atoms with Gasteiger partial charge in [-0.3, -0.25) is 14.8 Å². The third-order valence-corrected chi connectivity index (χ3v) is 4.59. The Hall–Kier alpha value is -2.97. The fraction of sp³-hybridized carbons (Fsp3) is 0.316. The van der Waals surface area contributed by atoms with E-state index >= 15 is 0 Å². The maximum atomic E-state index is 12.4. The first-order valence-corrected chi connectivity index (χ1v) is 8.95. The highest BCUT2D eigenvalue weighted by Gasteiger charge is 2.21. The summed E-state index contributed by atoms with van der Waals surface area (Å²) in [5, 5.41) is 7.55. The monoisotopic (exact) mass is 367 g/mol. The van der Waals surface area contributed by atoms with Crippen molar-refractivity contribution in [3.63, 3.8) is 0 Å². The van der Waals surface area contributed by atoms with Crippen molar-refractivity contribution in [2.45, 2.75) is 12.8 Å². The normalized spacial score (nSPS) is 19.4. The van der Waals surface area contributed by atoms with E-state index in [0.29, 0.717) is 40.8 Å².